The maximum Gasteiger partial charge on any atom is 0.712 e. The number of carbonyl (C=O) groups is 1. The fourth-order valence-electron chi connectivity index (χ4n) is 3.15. The van der Waals surface area contributed by atoms with Crippen LogP contribution < -0.4 is 0 Å². The molecule has 2 aliphatic carbocycles. The Hall–Kier alpha value is -1.46. The van der Waals surface area contributed by atoms with Crippen molar-refractivity contribution in [3.05, 3.63) is 0 Å². The number of rotatable bonds is 0. The van der Waals surface area contributed by atoms with Crippen molar-refractivity contribution in [3.8, 4) is 0 Å². The van der Waals surface area contributed by atoms with Crippen LogP contribution in [0.15, 0.2) is 0 Å². The van der Waals surface area contributed by atoms with Crippen LogP contribution in [0.1, 0.15) is 51.4 Å². The van der Waals surface area contributed by atoms with Crippen LogP contribution in [0.3, 0.4) is 0 Å². The summed E-state index contributed by atoms with van der Waals surface area (Å²) in [6, 6.07) is 0. The fraction of sp³-hybridized carbons (Fsp3) is 0.857. The molecule has 0 aromatic heterocycles. The van der Waals surface area contributed by atoms with Gasteiger partial charge in [0.25, 0.3) is 0 Å². The smallest absolute Gasteiger partial charge is 0.431 e. The summed E-state index contributed by atoms with van der Waals surface area (Å²) in [5.41, 5.74) is 0. The maximum atomic E-state index is 11.7. The minimum absolute atomic E-state index is 0.0647. The number of ether oxygens (including phenoxy) is 4. The van der Waals surface area contributed by atoms with Gasteiger partial charge in [-0.2, -0.15) is 0 Å². The zero-order valence-electron chi connectivity index (χ0n) is 11.5. The Bertz CT molecular complexity index is 298. The van der Waals surface area contributed by atoms with Gasteiger partial charge in [-0.05, 0) is 25.7 Å². The lowest BCUT2D eigenvalue weighted by molar-refractivity contribution is -0.0572. The molecular weight excluding hydrogens is 264 g/mol. The van der Waals surface area contributed by atoms with Crippen molar-refractivity contribution in [1.82, 2.24) is 0 Å². The minimum atomic E-state index is -0.551. The Morgan fingerprint density at radius 2 is 0.950 bits per heavy atom. The largest absolute Gasteiger partial charge is 0.712 e. The van der Waals surface area contributed by atoms with Crippen LogP contribution in [0.4, 0.5) is 4.79 Å². The zero-order valence-corrected chi connectivity index (χ0v) is 11.5. The van der Waals surface area contributed by atoms with Crippen molar-refractivity contribution in [1.29, 1.82) is 0 Å². The van der Waals surface area contributed by atoms with Crippen LogP contribution in [0, 0.1) is 0 Å². The molecule has 6 heteroatoms. The van der Waals surface area contributed by atoms with E-state index < -0.39 is 6.16 Å². The number of hydrogen-bond donors (Lipinski definition) is 0. The summed E-state index contributed by atoms with van der Waals surface area (Å²) >= 11 is 0. The highest BCUT2D eigenvalue weighted by molar-refractivity contribution is 5.61. The Balaban J connectivity index is 1.66. The molecule has 0 aromatic carbocycles. The second-order valence-corrected chi connectivity index (χ2v) is 5.78. The normalized spacial score (nSPS) is 38.2. The number of carbonyl (C=O) groups excluding carboxylic acids is 2. The molecule has 0 aromatic rings. The minimum Gasteiger partial charge on any atom is -0.431 e. The molecule has 0 radical (unpaired) electrons. The van der Waals surface area contributed by atoms with Gasteiger partial charge in [-0.3, -0.25) is 0 Å². The molecule has 6 fully saturated rings. The fourth-order valence-corrected chi connectivity index (χ4v) is 3.15. The maximum absolute atomic E-state index is 11.7. The van der Waals surface area contributed by atoms with Crippen molar-refractivity contribution >= 4 is 12.3 Å². The molecule has 0 unspecified atom stereocenters. The van der Waals surface area contributed by atoms with Gasteiger partial charge >= 0.3 is 12.3 Å². The van der Waals surface area contributed by atoms with Crippen molar-refractivity contribution in [2.24, 2.45) is 0 Å². The molecule has 20 heavy (non-hydrogen) atoms. The van der Waals surface area contributed by atoms with Crippen molar-refractivity contribution < 1.29 is 28.5 Å². The lowest BCUT2D eigenvalue weighted by Gasteiger charge is -2.29. The third-order valence-electron chi connectivity index (χ3n) is 4.30. The zero-order chi connectivity index (χ0) is 13.9. The highest BCUT2D eigenvalue weighted by Crippen LogP contribution is 2.28. The van der Waals surface area contributed by atoms with Crippen molar-refractivity contribution in [3.63, 3.8) is 0 Å². The van der Waals surface area contributed by atoms with Gasteiger partial charge in [0.1, 0.15) is 12.2 Å². The molecule has 0 atom stereocenters. The molecule has 0 spiro atoms. The average Bonchev–Trinajstić information content (AvgIpc) is 2.43. The third kappa shape index (κ3) is 3.35. The van der Waals surface area contributed by atoms with Gasteiger partial charge in [-0.15, -0.1) is 0 Å². The second kappa shape index (κ2) is 5.89. The molecule has 6 rings (SSSR count). The van der Waals surface area contributed by atoms with Crippen LogP contribution in [-0.2, 0) is 18.9 Å². The van der Waals surface area contributed by atoms with E-state index in [1.807, 2.05) is 0 Å². The van der Waals surface area contributed by atoms with Gasteiger partial charge in [0.05, 0.1) is 0 Å². The van der Waals surface area contributed by atoms with Crippen LogP contribution in [0.2, 0.25) is 0 Å². The Morgan fingerprint density at radius 1 is 0.650 bits per heavy atom. The highest BCUT2D eigenvalue weighted by atomic mass is 16.7. The van der Waals surface area contributed by atoms with Crippen molar-refractivity contribution in [2.75, 3.05) is 0 Å². The first-order valence-corrected chi connectivity index (χ1v) is 7.45. The van der Waals surface area contributed by atoms with Crippen molar-refractivity contribution in [2.45, 2.75) is 75.8 Å². The van der Waals surface area contributed by atoms with E-state index in [1.165, 1.54) is 0 Å². The van der Waals surface area contributed by atoms with Crippen LogP contribution in [0.25, 0.3) is 0 Å². The van der Waals surface area contributed by atoms with Gasteiger partial charge in [0, 0.05) is 25.7 Å². The molecule has 2 saturated carbocycles. The van der Waals surface area contributed by atoms with E-state index in [2.05, 4.69) is 0 Å². The first-order valence-electron chi connectivity index (χ1n) is 7.45. The lowest BCUT2D eigenvalue weighted by Crippen LogP contribution is -2.36. The molecule has 4 heterocycles. The van der Waals surface area contributed by atoms with Gasteiger partial charge < -0.3 is 23.7 Å². The van der Waals surface area contributed by atoms with E-state index in [0.717, 1.165) is 51.4 Å². The summed E-state index contributed by atoms with van der Waals surface area (Å²) in [6.45, 7) is 0. The van der Waals surface area contributed by atoms with Crippen LogP contribution in [-0.4, -0.2) is 41.5 Å². The second-order valence-electron chi connectivity index (χ2n) is 5.78. The van der Waals surface area contributed by atoms with E-state index in [4.69, 9.17) is 18.9 Å². The highest BCUT2D eigenvalue weighted by Gasteiger charge is 2.36. The standard InChI is InChI=1S/C14H20O6/c15-13-17-9-1-2-10(4-3-9)18-14(16)20-12-7-5-11(19-13)6-8-12/h9-12H,1-8H2/p+1. The topological polar surface area (TPSA) is 75.4 Å². The Morgan fingerprint density at radius 3 is 1.30 bits per heavy atom. The van der Waals surface area contributed by atoms with E-state index in [0.29, 0.717) is 0 Å². The molecular formula is C14H21O6+. The average molecular weight is 285 g/mol. The molecule has 6 aliphatic rings. The first-order chi connectivity index (χ1) is 9.69. The summed E-state index contributed by atoms with van der Waals surface area (Å²) in [6.07, 6.45) is 4.63. The summed E-state index contributed by atoms with van der Waals surface area (Å²) in [5, 5.41) is 0. The molecule has 4 aliphatic heterocycles. The predicted octanol–water partition coefficient (Wildman–Crippen LogP) is 2.27. The van der Waals surface area contributed by atoms with E-state index in [-0.39, 0.29) is 30.6 Å². The van der Waals surface area contributed by atoms with Gasteiger partial charge in [0.2, 0.25) is 0 Å². The molecule has 6 nitrogen and oxygen atoms in total. The summed E-state index contributed by atoms with van der Waals surface area (Å²) in [4.78, 5) is 21.5. The molecule has 0 amide bonds. The summed E-state index contributed by atoms with van der Waals surface area (Å²) < 4.78 is 21.6. The summed E-state index contributed by atoms with van der Waals surface area (Å²) in [7, 11) is 0. The van der Waals surface area contributed by atoms with Gasteiger partial charge in [0.15, 0.2) is 12.2 Å². The lowest BCUT2D eigenvalue weighted by atomic mass is 9.94. The third-order valence-corrected chi connectivity index (χ3v) is 4.30. The molecule has 4 saturated heterocycles. The van der Waals surface area contributed by atoms with E-state index >= 15 is 0 Å². The number of hydrogen-bond acceptors (Lipinski definition) is 5. The summed E-state index contributed by atoms with van der Waals surface area (Å²) in [5.74, 6) is 0. The van der Waals surface area contributed by atoms with Crippen LogP contribution >= 0.6 is 0 Å². The predicted molar refractivity (Wildman–Crippen MR) is 68.8 cm³/mol. The monoisotopic (exact) mass is 285 g/mol. The van der Waals surface area contributed by atoms with Crippen LogP contribution in [0.5, 0.6) is 0 Å². The quantitative estimate of drug-likeness (QED) is 0.504. The van der Waals surface area contributed by atoms with Gasteiger partial charge in [-0.25, -0.2) is 4.79 Å². The SMILES string of the molecule is O=C1OC2CCC(CC2)OC(=[OH+])OC2CCC(CC2)O1. The Labute approximate surface area is 117 Å². The Kier molecular flexibility index (Phi) is 3.98. The van der Waals surface area contributed by atoms with E-state index in [1.54, 1.807) is 0 Å². The van der Waals surface area contributed by atoms with E-state index in [9.17, 15) is 9.59 Å². The van der Waals surface area contributed by atoms with Gasteiger partial charge in [-0.1, -0.05) is 0 Å². The molecule has 1 N–H and O–H groups in total. The first kappa shape index (κ1) is 13.5. The molecule has 112 valence electrons. The molecule has 4 bridgehead atoms.